The van der Waals surface area contributed by atoms with Crippen molar-refractivity contribution in [3.05, 3.63) is 96.2 Å². The van der Waals surface area contributed by atoms with Gasteiger partial charge in [-0.3, -0.25) is 0 Å². The zero-order chi connectivity index (χ0) is 32.1. The number of imide groups is 1. The third-order valence-corrected chi connectivity index (χ3v) is 6.45. The van der Waals surface area contributed by atoms with E-state index < -0.39 is 23.4 Å². The van der Waals surface area contributed by atoms with Crippen LogP contribution >= 0.6 is 0 Å². The van der Waals surface area contributed by atoms with Gasteiger partial charge in [0.15, 0.2) is 5.82 Å². The minimum atomic E-state index is -0.900. The Kier molecular flexibility index (Phi) is 9.62. The largest absolute Gasteiger partial charge is 0.508 e. The molecule has 2 amide bonds. The highest BCUT2D eigenvalue weighted by Gasteiger charge is 2.36. The van der Waals surface area contributed by atoms with Crippen molar-refractivity contribution < 1.29 is 28.9 Å². The first kappa shape index (κ1) is 32.1. The standard InChI is InChI=1S/C36H40N2O6/c1-8-29-30(25-14-18-27(39)19-15-25)22-37-32(38(33(40)43-35(2,3)4)34(41)44-36(5,6)7)31(29)26-16-20-28(21-17-26)42-23-24-12-10-9-11-13-24/h9-22,39H,8,23H2,1-7H3. The summed E-state index contributed by atoms with van der Waals surface area (Å²) < 4.78 is 17.4. The molecule has 0 aliphatic carbocycles. The minimum absolute atomic E-state index is 0.0887. The van der Waals surface area contributed by atoms with Gasteiger partial charge in [-0.25, -0.2) is 14.6 Å². The number of phenolic OH excluding ortho intramolecular Hbond substituents is 1. The van der Waals surface area contributed by atoms with Crippen molar-refractivity contribution in [1.29, 1.82) is 0 Å². The summed E-state index contributed by atoms with van der Waals surface area (Å²) in [6.45, 7) is 12.8. The maximum absolute atomic E-state index is 13.7. The third kappa shape index (κ3) is 8.16. The molecule has 8 nitrogen and oxygen atoms in total. The van der Waals surface area contributed by atoms with E-state index in [4.69, 9.17) is 19.2 Å². The summed E-state index contributed by atoms with van der Waals surface area (Å²) >= 11 is 0. The lowest BCUT2D eigenvalue weighted by molar-refractivity contribution is 0.0429. The molecule has 0 spiro atoms. The van der Waals surface area contributed by atoms with Gasteiger partial charge in [0.25, 0.3) is 0 Å². The Hall–Kier alpha value is -4.85. The van der Waals surface area contributed by atoms with Crippen molar-refractivity contribution in [2.45, 2.75) is 72.7 Å². The number of aromatic hydroxyl groups is 1. The number of ether oxygens (including phenoxy) is 3. The summed E-state index contributed by atoms with van der Waals surface area (Å²) in [5.41, 5.74) is 3.04. The third-order valence-electron chi connectivity index (χ3n) is 6.45. The SMILES string of the molecule is CCc1c(-c2ccc(O)cc2)cnc(N(C(=O)OC(C)(C)C)C(=O)OC(C)(C)C)c1-c1ccc(OCc2ccccc2)cc1. The Labute approximate surface area is 259 Å². The minimum Gasteiger partial charge on any atom is -0.508 e. The van der Waals surface area contributed by atoms with E-state index in [0.717, 1.165) is 27.2 Å². The van der Waals surface area contributed by atoms with Gasteiger partial charge in [0, 0.05) is 17.3 Å². The number of carbonyl (C=O) groups excluding carboxylic acids is 2. The van der Waals surface area contributed by atoms with Crippen LogP contribution in [0.25, 0.3) is 22.3 Å². The quantitative estimate of drug-likeness (QED) is 0.227. The van der Waals surface area contributed by atoms with Crippen LogP contribution in [-0.4, -0.2) is 33.5 Å². The van der Waals surface area contributed by atoms with Crippen molar-refractivity contribution >= 4 is 18.0 Å². The lowest BCUT2D eigenvalue weighted by Crippen LogP contribution is -2.44. The Balaban J connectivity index is 1.88. The molecular formula is C36H40N2O6. The van der Waals surface area contributed by atoms with Gasteiger partial charge in [0.05, 0.1) is 0 Å². The number of hydrogen-bond acceptors (Lipinski definition) is 7. The topological polar surface area (TPSA) is 98.2 Å². The van der Waals surface area contributed by atoms with E-state index in [1.807, 2.05) is 61.5 Å². The highest BCUT2D eigenvalue weighted by atomic mass is 16.6. The average molecular weight is 597 g/mol. The number of amides is 2. The predicted octanol–water partition coefficient (Wildman–Crippen LogP) is 8.94. The lowest BCUT2D eigenvalue weighted by Gasteiger charge is -2.30. The molecule has 0 bridgehead atoms. The average Bonchev–Trinajstić information content (AvgIpc) is 2.95. The molecule has 0 saturated carbocycles. The zero-order valence-corrected chi connectivity index (χ0v) is 26.4. The van der Waals surface area contributed by atoms with Crippen LogP contribution in [0.15, 0.2) is 85.1 Å². The van der Waals surface area contributed by atoms with Gasteiger partial charge in [0.2, 0.25) is 0 Å². The van der Waals surface area contributed by atoms with Gasteiger partial charge in [-0.2, -0.15) is 4.90 Å². The molecule has 0 radical (unpaired) electrons. The molecule has 230 valence electrons. The zero-order valence-electron chi connectivity index (χ0n) is 26.4. The van der Waals surface area contributed by atoms with Gasteiger partial charge in [-0.15, -0.1) is 0 Å². The Morgan fingerprint density at radius 1 is 0.773 bits per heavy atom. The van der Waals surface area contributed by atoms with E-state index in [-0.39, 0.29) is 11.6 Å². The highest BCUT2D eigenvalue weighted by molar-refractivity contribution is 6.11. The molecule has 4 rings (SSSR count). The number of benzene rings is 3. The van der Waals surface area contributed by atoms with Crippen molar-refractivity contribution in [1.82, 2.24) is 4.98 Å². The van der Waals surface area contributed by atoms with Crippen LogP contribution in [0.3, 0.4) is 0 Å². The first-order chi connectivity index (χ1) is 20.8. The lowest BCUT2D eigenvalue weighted by atomic mass is 9.91. The van der Waals surface area contributed by atoms with Gasteiger partial charge in [-0.1, -0.05) is 61.5 Å². The van der Waals surface area contributed by atoms with E-state index in [0.29, 0.717) is 29.9 Å². The van der Waals surface area contributed by atoms with Crippen LogP contribution < -0.4 is 9.64 Å². The highest BCUT2D eigenvalue weighted by Crippen LogP contribution is 2.40. The molecule has 8 heteroatoms. The maximum atomic E-state index is 13.7. The van der Waals surface area contributed by atoms with Gasteiger partial charge < -0.3 is 19.3 Å². The number of anilines is 1. The summed E-state index contributed by atoms with van der Waals surface area (Å²) in [6, 6.07) is 24.1. The smallest absolute Gasteiger partial charge is 0.425 e. The number of nitrogens with zero attached hydrogens (tertiary/aromatic N) is 2. The number of carbonyl (C=O) groups is 2. The number of rotatable bonds is 7. The number of aromatic nitrogens is 1. The molecular weight excluding hydrogens is 556 g/mol. The second-order valence-electron chi connectivity index (χ2n) is 12.3. The summed E-state index contributed by atoms with van der Waals surface area (Å²) in [5, 5.41) is 9.89. The first-order valence-electron chi connectivity index (χ1n) is 14.6. The van der Waals surface area contributed by atoms with Gasteiger partial charge >= 0.3 is 12.2 Å². The molecule has 1 N–H and O–H groups in total. The van der Waals surface area contributed by atoms with Gasteiger partial charge in [0.1, 0.15) is 29.3 Å². The fourth-order valence-electron chi connectivity index (χ4n) is 4.59. The normalized spacial score (nSPS) is 11.5. The molecule has 44 heavy (non-hydrogen) atoms. The number of pyridine rings is 1. The molecule has 1 aromatic heterocycles. The van der Waals surface area contributed by atoms with E-state index in [1.54, 1.807) is 72.0 Å². The fourth-order valence-corrected chi connectivity index (χ4v) is 4.59. The number of hydrogen-bond donors (Lipinski definition) is 1. The van der Waals surface area contributed by atoms with Crippen LogP contribution in [0.4, 0.5) is 15.4 Å². The van der Waals surface area contributed by atoms with Crippen molar-refractivity contribution in [3.63, 3.8) is 0 Å². The summed E-state index contributed by atoms with van der Waals surface area (Å²) in [5.74, 6) is 0.894. The van der Waals surface area contributed by atoms with Crippen LogP contribution in [0.1, 0.15) is 59.6 Å². The summed E-state index contributed by atoms with van der Waals surface area (Å²) in [4.78, 5) is 32.9. The van der Waals surface area contributed by atoms with Crippen molar-refractivity contribution in [3.8, 4) is 33.8 Å². The van der Waals surface area contributed by atoms with Crippen LogP contribution in [0, 0.1) is 0 Å². The van der Waals surface area contributed by atoms with Crippen LogP contribution in [-0.2, 0) is 22.5 Å². The van der Waals surface area contributed by atoms with Crippen LogP contribution in [0.5, 0.6) is 11.5 Å². The van der Waals surface area contributed by atoms with E-state index in [2.05, 4.69) is 0 Å². The summed E-state index contributed by atoms with van der Waals surface area (Å²) in [7, 11) is 0. The van der Waals surface area contributed by atoms with Crippen molar-refractivity contribution in [2.24, 2.45) is 0 Å². The van der Waals surface area contributed by atoms with E-state index >= 15 is 0 Å². The molecule has 0 saturated heterocycles. The Morgan fingerprint density at radius 3 is 1.84 bits per heavy atom. The fraction of sp³-hybridized carbons (Fsp3) is 0.306. The monoisotopic (exact) mass is 596 g/mol. The molecule has 0 aliphatic rings. The molecule has 0 atom stereocenters. The van der Waals surface area contributed by atoms with E-state index in [1.165, 1.54) is 0 Å². The Bertz CT molecular complexity index is 1560. The number of phenols is 1. The van der Waals surface area contributed by atoms with Crippen molar-refractivity contribution in [2.75, 3.05) is 4.90 Å². The molecule has 0 aliphatic heterocycles. The molecule has 0 unspecified atom stereocenters. The van der Waals surface area contributed by atoms with E-state index in [9.17, 15) is 14.7 Å². The second kappa shape index (κ2) is 13.2. The van der Waals surface area contributed by atoms with Crippen LogP contribution in [0.2, 0.25) is 0 Å². The predicted molar refractivity (Wildman–Crippen MR) is 172 cm³/mol. The maximum Gasteiger partial charge on any atom is 0.425 e. The first-order valence-corrected chi connectivity index (χ1v) is 14.6. The molecule has 4 aromatic rings. The second-order valence-corrected chi connectivity index (χ2v) is 12.3. The molecule has 3 aromatic carbocycles. The van der Waals surface area contributed by atoms with Gasteiger partial charge in [-0.05, 0) is 94.5 Å². The summed E-state index contributed by atoms with van der Waals surface area (Å²) in [6.07, 6.45) is 0.373. The molecule has 0 fully saturated rings. The Morgan fingerprint density at radius 2 is 1.32 bits per heavy atom. The molecule has 1 heterocycles.